The molecule has 3 aromatic rings. The Labute approximate surface area is 200 Å². The van der Waals surface area contributed by atoms with E-state index in [0.29, 0.717) is 45.3 Å². The summed E-state index contributed by atoms with van der Waals surface area (Å²) in [6.45, 7) is 2.67. The van der Waals surface area contributed by atoms with Crippen molar-refractivity contribution in [2.45, 2.75) is 19.6 Å². The molecule has 0 radical (unpaired) electrons. The largest absolute Gasteiger partial charge is 0.490 e. The Balaban J connectivity index is 1.69. The maximum atomic E-state index is 12.1. The van der Waals surface area contributed by atoms with Crippen LogP contribution in [0, 0.1) is 0 Å². The smallest absolute Gasteiger partial charge is 0.273 e. The second-order valence-corrected chi connectivity index (χ2v) is 8.02. The molecular weight excluding hydrogens is 496 g/mol. The van der Waals surface area contributed by atoms with Crippen LogP contribution in [0.25, 0.3) is 0 Å². The van der Waals surface area contributed by atoms with Gasteiger partial charge >= 0.3 is 0 Å². The third-order valence-corrected chi connectivity index (χ3v) is 5.22. The summed E-state index contributed by atoms with van der Waals surface area (Å²) in [5.41, 5.74) is 4.48. The molecule has 0 fully saturated rings. The molecular formula is C24H22BrClN2O4. The van der Waals surface area contributed by atoms with Gasteiger partial charge in [-0.25, -0.2) is 5.43 Å². The molecule has 0 aliphatic rings. The van der Waals surface area contributed by atoms with Gasteiger partial charge in [0.25, 0.3) is 5.91 Å². The average Bonchev–Trinajstić information content (AvgIpc) is 2.80. The number of carbonyl (C=O) groups excluding carboxylic acids is 1. The third-order valence-electron chi connectivity index (χ3n) is 4.38. The molecule has 32 heavy (non-hydrogen) atoms. The lowest BCUT2D eigenvalue weighted by atomic mass is 10.1. The van der Waals surface area contributed by atoms with Gasteiger partial charge in [-0.3, -0.25) is 4.79 Å². The average molecular weight is 518 g/mol. The number of benzene rings is 3. The van der Waals surface area contributed by atoms with E-state index >= 15 is 0 Å². The van der Waals surface area contributed by atoms with Crippen molar-refractivity contribution in [3.8, 4) is 11.5 Å². The van der Waals surface area contributed by atoms with E-state index in [2.05, 4.69) is 26.5 Å². The predicted octanol–water partition coefficient (Wildman–Crippen LogP) is 5.26. The molecule has 3 aromatic carbocycles. The Morgan fingerprint density at radius 2 is 1.88 bits per heavy atom. The molecule has 0 aliphatic carbocycles. The minimum atomic E-state index is -1.30. The molecule has 3 rings (SSSR count). The molecule has 2 N–H and O–H groups in total. The maximum absolute atomic E-state index is 12.1. The van der Waals surface area contributed by atoms with Crippen molar-refractivity contribution in [3.63, 3.8) is 0 Å². The summed E-state index contributed by atoms with van der Waals surface area (Å²) in [4.78, 5) is 12.1. The minimum absolute atomic E-state index is 0.344. The molecule has 0 spiro atoms. The first-order valence-electron chi connectivity index (χ1n) is 9.87. The first-order valence-corrected chi connectivity index (χ1v) is 11.0. The predicted molar refractivity (Wildman–Crippen MR) is 128 cm³/mol. The molecule has 0 heterocycles. The van der Waals surface area contributed by atoms with Gasteiger partial charge in [0, 0.05) is 5.02 Å². The molecule has 8 heteroatoms. The summed E-state index contributed by atoms with van der Waals surface area (Å²) in [6.07, 6.45) is 0.161. The van der Waals surface area contributed by atoms with Crippen LogP contribution in [0.4, 0.5) is 0 Å². The van der Waals surface area contributed by atoms with Gasteiger partial charge in [0.1, 0.15) is 6.61 Å². The van der Waals surface area contributed by atoms with Gasteiger partial charge in [0.15, 0.2) is 17.6 Å². The zero-order valence-electron chi connectivity index (χ0n) is 17.3. The number of nitrogens with zero attached hydrogens (tertiary/aromatic N) is 1. The summed E-state index contributed by atoms with van der Waals surface area (Å²) in [7, 11) is 0. The summed E-state index contributed by atoms with van der Waals surface area (Å²) in [5.74, 6) is 0.467. The molecule has 0 aromatic heterocycles. The van der Waals surface area contributed by atoms with E-state index in [-0.39, 0.29) is 0 Å². The Morgan fingerprint density at radius 3 is 2.56 bits per heavy atom. The topological polar surface area (TPSA) is 80.2 Å². The number of hydrogen-bond acceptors (Lipinski definition) is 5. The maximum Gasteiger partial charge on any atom is 0.273 e. The van der Waals surface area contributed by atoms with Crippen molar-refractivity contribution in [3.05, 3.63) is 92.9 Å². The van der Waals surface area contributed by atoms with Crippen LogP contribution in [0.3, 0.4) is 0 Å². The normalized spacial score (nSPS) is 11.9. The number of nitrogens with one attached hydrogen (secondary N) is 1. The van der Waals surface area contributed by atoms with E-state index in [0.717, 1.165) is 5.56 Å². The number of hydrazone groups is 1. The van der Waals surface area contributed by atoms with Crippen molar-refractivity contribution in [2.75, 3.05) is 6.61 Å². The van der Waals surface area contributed by atoms with Gasteiger partial charge in [-0.15, -0.1) is 0 Å². The van der Waals surface area contributed by atoms with E-state index in [9.17, 15) is 9.90 Å². The summed E-state index contributed by atoms with van der Waals surface area (Å²) in [6, 6.07) is 19.6. The fourth-order valence-electron chi connectivity index (χ4n) is 2.82. The van der Waals surface area contributed by atoms with E-state index in [1.807, 2.05) is 25.1 Å². The van der Waals surface area contributed by atoms with Crippen molar-refractivity contribution in [1.82, 2.24) is 5.43 Å². The first kappa shape index (κ1) is 23.8. The zero-order valence-corrected chi connectivity index (χ0v) is 19.6. The van der Waals surface area contributed by atoms with Crippen LogP contribution in [-0.4, -0.2) is 23.8 Å². The van der Waals surface area contributed by atoms with Crippen molar-refractivity contribution in [2.24, 2.45) is 5.10 Å². The lowest BCUT2D eigenvalue weighted by Crippen LogP contribution is -2.25. The Kier molecular flexibility index (Phi) is 8.67. The number of aliphatic hydroxyl groups excluding tert-OH is 1. The zero-order chi connectivity index (χ0) is 22.9. The molecule has 6 nitrogen and oxygen atoms in total. The number of carbonyl (C=O) groups is 1. The van der Waals surface area contributed by atoms with Gasteiger partial charge in [-0.05, 0) is 63.8 Å². The number of halogens is 2. The number of rotatable bonds is 9. The SMILES string of the molecule is CCOc1cc(/C=N\NC(=O)[C@@H](O)c2ccccc2)cc(Br)c1OCc1ccc(Cl)cc1. The van der Waals surface area contributed by atoms with Crippen LogP contribution < -0.4 is 14.9 Å². The second-order valence-electron chi connectivity index (χ2n) is 6.73. The molecule has 0 aliphatic heterocycles. The minimum Gasteiger partial charge on any atom is -0.490 e. The van der Waals surface area contributed by atoms with Gasteiger partial charge < -0.3 is 14.6 Å². The van der Waals surface area contributed by atoms with Crippen LogP contribution in [0.1, 0.15) is 29.7 Å². The molecule has 1 atom stereocenters. The summed E-state index contributed by atoms with van der Waals surface area (Å²) < 4.78 is 12.4. The Morgan fingerprint density at radius 1 is 1.16 bits per heavy atom. The molecule has 0 bridgehead atoms. The van der Waals surface area contributed by atoms with Crippen molar-refractivity contribution in [1.29, 1.82) is 0 Å². The van der Waals surface area contributed by atoms with Gasteiger partial charge in [0.2, 0.25) is 0 Å². The fraction of sp³-hybridized carbons (Fsp3) is 0.167. The number of amides is 1. The first-order chi connectivity index (χ1) is 15.5. The third kappa shape index (κ3) is 6.56. The van der Waals surface area contributed by atoms with Gasteiger partial charge in [-0.1, -0.05) is 54.1 Å². The highest BCUT2D eigenvalue weighted by Gasteiger charge is 2.16. The van der Waals surface area contributed by atoms with Crippen LogP contribution in [0.5, 0.6) is 11.5 Å². The summed E-state index contributed by atoms with van der Waals surface area (Å²) in [5, 5.41) is 14.7. The summed E-state index contributed by atoms with van der Waals surface area (Å²) >= 11 is 9.44. The Bertz CT molecular complexity index is 1080. The Hall–Kier alpha value is -2.87. The number of aliphatic hydroxyl groups is 1. The van der Waals surface area contributed by atoms with Gasteiger partial charge in [-0.2, -0.15) is 5.10 Å². The second kappa shape index (κ2) is 11.7. The van der Waals surface area contributed by atoms with Crippen molar-refractivity contribution >= 4 is 39.7 Å². The van der Waals surface area contributed by atoms with Crippen LogP contribution in [0.2, 0.25) is 5.02 Å². The van der Waals surface area contributed by atoms with Gasteiger partial charge in [0.05, 0.1) is 17.3 Å². The number of ether oxygens (including phenoxy) is 2. The number of hydrogen-bond donors (Lipinski definition) is 2. The van der Waals surface area contributed by atoms with E-state index in [1.54, 1.807) is 48.5 Å². The molecule has 166 valence electrons. The van der Waals surface area contributed by atoms with Crippen LogP contribution in [-0.2, 0) is 11.4 Å². The highest BCUT2D eigenvalue weighted by atomic mass is 79.9. The molecule has 1 amide bonds. The fourth-order valence-corrected chi connectivity index (χ4v) is 3.52. The molecule has 0 saturated carbocycles. The standard InChI is InChI=1S/C24H22BrClN2O4/c1-2-31-21-13-17(14-27-28-24(30)22(29)18-6-4-3-5-7-18)12-20(25)23(21)32-15-16-8-10-19(26)11-9-16/h3-14,22,29H,2,15H2,1H3,(H,28,30)/b27-14-/t22-/m0/s1. The quantitative estimate of drug-likeness (QED) is 0.300. The lowest BCUT2D eigenvalue weighted by Gasteiger charge is -2.15. The lowest BCUT2D eigenvalue weighted by molar-refractivity contribution is -0.129. The highest BCUT2D eigenvalue weighted by molar-refractivity contribution is 9.10. The van der Waals surface area contributed by atoms with E-state index < -0.39 is 12.0 Å². The van der Waals surface area contributed by atoms with Crippen LogP contribution >= 0.6 is 27.5 Å². The highest BCUT2D eigenvalue weighted by Crippen LogP contribution is 2.37. The molecule has 0 unspecified atom stereocenters. The van der Waals surface area contributed by atoms with Crippen molar-refractivity contribution < 1.29 is 19.4 Å². The van der Waals surface area contributed by atoms with E-state index in [4.69, 9.17) is 21.1 Å². The van der Waals surface area contributed by atoms with Crippen LogP contribution in [0.15, 0.2) is 76.3 Å². The monoisotopic (exact) mass is 516 g/mol. The van der Waals surface area contributed by atoms with E-state index in [1.165, 1.54) is 6.21 Å². The molecule has 0 saturated heterocycles.